The molecule has 0 spiro atoms. The number of aromatic nitrogens is 6. The Morgan fingerprint density at radius 1 is 0.315 bits per heavy atom. The number of azo groups is 2. The Kier molecular flexibility index (Phi) is 19.7. The molecule has 108 heavy (non-hydrogen) atoms. The predicted molar refractivity (Wildman–Crippen MR) is 378 cm³/mol. The van der Waals surface area contributed by atoms with Crippen molar-refractivity contribution in [1.29, 1.82) is 0 Å². The van der Waals surface area contributed by atoms with Gasteiger partial charge in [-0.2, -0.15) is 97.5 Å². The van der Waals surface area contributed by atoms with Crippen LogP contribution in [-0.4, -0.2) is 144 Å². The summed E-state index contributed by atoms with van der Waals surface area (Å²) in [5, 5.41) is 40.0. The molecule has 12 aromatic rings. The Morgan fingerprint density at radius 3 is 0.981 bits per heavy atom. The van der Waals surface area contributed by atoms with E-state index in [2.05, 4.69) is 71.0 Å². The van der Waals surface area contributed by atoms with E-state index in [0.717, 1.165) is 97.1 Å². The van der Waals surface area contributed by atoms with Crippen LogP contribution in [0.2, 0.25) is 10.6 Å². The Balaban J connectivity index is 0.817. The molecule has 40 nitrogen and oxygen atoms in total. The minimum Gasteiger partial charge on any atom is -0.505 e. The van der Waals surface area contributed by atoms with E-state index in [0.29, 0.717) is 12.1 Å². The number of aromatic amines is 2. The number of benzene rings is 10. The molecule has 0 bridgehead atoms. The number of fused-ring (bicyclic) bond motifs is 4. The molecule has 0 aliphatic heterocycles. The van der Waals surface area contributed by atoms with Crippen LogP contribution in [0, 0.1) is 0 Å². The van der Waals surface area contributed by atoms with E-state index in [1.807, 2.05) is 0 Å². The molecule has 12 rings (SSSR count). The van der Waals surface area contributed by atoms with Gasteiger partial charge in [0, 0.05) is 54.8 Å². The van der Waals surface area contributed by atoms with Crippen LogP contribution in [0.1, 0.15) is 0 Å². The standard InChI is InChI=1S/C58H38Cl2N14O26S8/c59-53-65-55(61-27-7-11-33-25(15-27)17-47(107(95,96)97)49(51(33)75)73-71-31-19-39-35(45(23-31)105(89,90)91)3-1-5-41(39)101(77,78)79)69-57(67-53)63-29-9-13-37(43(21-29)103(83,84)85)38-14-10-30(22-44(38)104(86,87)88)64-58-68-54(60)66-56(70-58)62-28-8-12-34-26(16-28)18-48(108(98,99)100)50(52(34)76)74-72-32-20-40-36(46(24-32)106(92,93)94)4-2-6-42(40)102(80,81)82/h1-24,75-76H,(H,77,78,79)(H,80,81,82)(H,83,84,85)(H,86,87,88)(H,89,90,91)(H,92,93,94)(H,95,96,97)(H,98,99,100)(H2,61,63,65,67,69)(H2,62,64,66,68,70). The summed E-state index contributed by atoms with van der Waals surface area (Å²) in [5.41, 5.74) is -5.52. The topological polar surface area (TPSA) is 657 Å². The van der Waals surface area contributed by atoms with Crippen molar-refractivity contribution in [2.45, 2.75) is 39.2 Å². The van der Waals surface area contributed by atoms with Gasteiger partial charge in [0.05, 0.1) is 22.7 Å². The molecule has 0 radical (unpaired) electrons. The number of anilines is 4. The normalized spacial score (nSPS) is 13.4. The number of nitrogens with one attached hydrogen (secondary N) is 4. The van der Waals surface area contributed by atoms with E-state index in [1.54, 1.807) is 0 Å². The number of phenols is 2. The van der Waals surface area contributed by atoms with Gasteiger partial charge in [0.2, 0.25) is 33.7 Å². The third-order valence-electron chi connectivity index (χ3n) is 15.1. The molecule has 0 atom stereocenters. The predicted octanol–water partition coefficient (Wildman–Crippen LogP) is 9.68. The van der Waals surface area contributed by atoms with E-state index in [1.165, 1.54) is 36.4 Å². The highest BCUT2D eigenvalue weighted by atomic mass is 35.5. The Bertz CT molecular complexity index is 6780. The first-order valence-electron chi connectivity index (χ1n) is 28.7. The van der Waals surface area contributed by atoms with Crippen molar-refractivity contribution >= 4 is 205 Å². The number of nitrogens with zero attached hydrogens (tertiary/aromatic N) is 10. The van der Waals surface area contributed by atoms with Gasteiger partial charge in [-0.3, -0.25) is 46.4 Å². The Labute approximate surface area is 614 Å². The zero-order valence-electron chi connectivity index (χ0n) is 52.4. The summed E-state index contributed by atoms with van der Waals surface area (Å²) in [5.74, 6) is -2.62. The molecule has 2 aromatic heterocycles. The first-order valence-corrected chi connectivity index (χ1v) is 41.0. The molecular weight excluding hydrogens is 1640 g/mol. The lowest BCUT2D eigenvalue weighted by molar-refractivity contribution is 0.471. The van der Waals surface area contributed by atoms with Crippen LogP contribution in [-0.2, 0) is 80.9 Å². The quantitative estimate of drug-likeness (QED) is 0.0264. The fraction of sp³-hybridized carbons (Fsp3) is 0. The molecule has 14 N–H and O–H groups in total. The highest BCUT2D eigenvalue weighted by Gasteiger charge is 2.29. The minimum absolute atomic E-state index is 0.0186. The first kappa shape index (κ1) is 76.8. The van der Waals surface area contributed by atoms with Gasteiger partial charge in [-0.1, -0.05) is 36.4 Å². The molecule has 10 aromatic carbocycles. The zero-order valence-corrected chi connectivity index (χ0v) is 60.4. The summed E-state index contributed by atoms with van der Waals surface area (Å²) in [6.07, 6.45) is 0. The largest absolute Gasteiger partial charge is 0.505 e. The van der Waals surface area contributed by atoms with Gasteiger partial charge >= 0.3 is 0 Å². The average molecular weight is 1670 g/mol. The molecule has 50 heteroatoms. The number of aromatic hydroxyl groups is 2. The second kappa shape index (κ2) is 27.7. The van der Waals surface area contributed by atoms with Crippen molar-refractivity contribution in [2.24, 2.45) is 30.4 Å². The van der Waals surface area contributed by atoms with Gasteiger partial charge in [0.15, 0.2) is 11.5 Å². The molecule has 0 aliphatic carbocycles. The summed E-state index contributed by atoms with van der Waals surface area (Å²) < 4.78 is 283. The number of hydrogen-bond acceptors (Lipinski definition) is 30. The van der Waals surface area contributed by atoms with Crippen LogP contribution >= 0.6 is 23.2 Å². The van der Waals surface area contributed by atoms with E-state index in [9.17, 15) is 114 Å². The van der Waals surface area contributed by atoms with E-state index >= 15 is 0 Å². The van der Waals surface area contributed by atoms with Crippen LogP contribution in [0.3, 0.4) is 0 Å². The Hall–Kier alpha value is -10.9. The number of phenolic OH excluding ortho intramolecular Hbond substituents is 2. The van der Waals surface area contributed by atoms with Crippen molar-refractivity contribution in [3.63, 3.8) is 0 Å². The molecule has 0 aliphatic rings. The highest BCUT2D eigenvalue weighted by molar-refractivity contribution is 7.88. The maximum atomic E-state index is 13.1. The SMILES string of the molecule is O=S(=O)(O)c1cc(N=c2nc(Nc3ccc4c(O)c(N=Nc5cc(S(=O)(=O)O)c6cccc(S(=O)(=O)O)c6c5)c(S(=O)(=O)O)cc4c3)nc(Cl)[nH]2)ccc1-c1ccc(N=c2nc(Nc3ccc4c(O)c(N=Nc5cc(S(=O)(=O)O)c6cccc(S(=O)(=O)O)c6c5)c(S(=O)(=O)O)cc4c3)nc(Cl)[nH]2)cc1S(=O)(=O)O. The monoisotopic (exact) mass is 1670 g/mol. The van der Waals surface area contributed by atoms with Gasteiger partial charge < -0.3 is 20.8 Å². The lowest BCUT2D eigenvalue weighted by atomic mass is 10.0. The maximum Gasteiger partial charge on any atom is 0.296 e. The summed E-state index contributed by atoms with van der Waals surface area (Å²) in [6, 6.07) is 24.1. The van der Waals surface area contributed by atoms with Crippen molar-refractivity contribution in [3.8, 4) is 22.6 Å². The van der Waals surface area contributed by atoms with Gasteiger partial charge in [-0.15, -0.1) is 10.2 Å². The number of H-pyrrole nitrogens is 2. The minimum atomic E-state index is -5.36. The van der Waals surface area contributed by atoms with Crippen LogP contribution < -0.4 is 21.9 Å². The zero-order chi connectivity index (χ0) is 78.5. The second-order valence-corrected chi connectivity index (χ2v) is 34.1. The fourth-order valence-corrected chi connectivity index (χ4v) is 16.7. The second-order valence-electron chi connectivity index (χ2n) is 22.2. The van der Waals surface area contributed by atoms with E-state index in [4.69, 9.17) is 23.2 Å². The smallest absolute Gasteiger partial charge is 0.296 e. The molecule has 0 unspecified atom stereocenters. The average Bonchev–Trinajstić information content (AvgIpc) is 0.764. The summed E-state index contributed by atoms with van der Waals surface area (Å²) in [7, 11) is -41.7. The molecule has 0 amide bonds. The number of hydrogen-bond donors (Lipinski definition) is 14. The van der Waals surface area contributed by atoms with Crippen LogP contribution in [0.15, 0.2) is 215 Å². The van der Waals surface area contributed by atoms with Gasteiger partial charge in [-0.25, -0.2) is 9.98 Å². The highest BCUT2D eigenvalue weighted by Crippen LogP contribution is 2.46. The maximum absolute atomic E-state index is 13.1. The molecule has 0 saturated heterocycles. The van der Waals surface area contributed by atoms with Crippen molar-refractivity contribution < 1.29 is 114 Å². The van der Waals surface area contributed by atoms with Crippen molar-refractivity contribution in [1.82, 2.24) is 29.9 Å². The molecule has 0 saturated carbocycles. The van der Waals surface area contributed by atoms with Gasteiger partial charge in [0.1, 0.15) is 50.5 Å². The van der Waals surface area contributed by atoms with E-state index < -0.39 is 198 Å². The molecule has 2 heterocycles. The van der Waals surface area contributed by atoms with Gasteiger partial charge in [0.25, 0.3) is 80.9 Å². The Morgan fingerprint density at radius 2 is 0.648 bits per heavy atom. The van der Waals surface area contributed by atoms with Crippen molar-refractivity contribution in [3.05, 3.63) is 167 Å². The lowest BCUT2D eigenvalue weighted by Crippen LogP contribution is -2.16. The summed E-state index contributed by atoms with van der Waals surface area (Å²) in [4.78, 5) is 22.2. The summed E-state index contributed by atoms with van der Waals surface area (Å²) >= 11 is 12.6. The van der Waals surface area contributed by atoms with Crippen molar-refractivity contribution in [2.75, 3.05) is 10.6 Å². The molecular formula is C58H38Cl2N14O26S8. The van der Waals surface area contributed by atoms with Crippen LogP contribution in [0.25, 0.3) is 54.2 Å². The third-order valence-corrected chi connectivity index (χ3v) is 22.6. The number of rotatable bonds is 19. The summed E-state index contributed by atoms with van der Waals surface area (Å²) in [6.45, 7) is 0. The molecule has 0 fully saturated rings. The lowest BCUT2D eigenvalue weighted by Gasteiger charge is -2.12. The number of halogens is 2. The van der Waals surface area contributed by atoms with E-state index in [-0.39, 0.29) is 67.0 Å². The fourth-order valence-electron chi connectivity index (χ4n) is 10.8. The van der Waals surface area contributed by atoms with Crippen LogP contribution in [0.4, 0.5) is 57.4 Å². The molecule has 558 valence electrons. The van der Waals surface area contributed by atoms with Gasteiger partial charge in [-0.05, 0) is 143 Å². The first-order chi connectivity index (χ1) is 50.1. The van der Waals surface area contributed by atoms with Crippen LogP contribution in [0.5, 0.6) is 11.5 Å². The third kappa shape index (κ3) is 16.3.